The molecule has 0 amide bonds. The first-order valence-electron chi connectivity index (χ1n) is 5.88. The minimum Gasteiger partial charge on any atom is -0.423 e. The van der Waals surface area contributed by atoms with Gasteiger partial charge in [-0.2, -0.15) is 0 Å². The molecule has 1 aromatic carbocycles. The number of carbonyl (C=O) groups is 2. The summed E-state index contributed by atoms with van der Waals surface area (Å²) in [6, 6.07) is 5.25. The molecule has 18 heavy (non-hydrogen) atoms. The van der Waals surface area contributed by atoms with Crippen molar-refractivity contribution >= 4 is 11.9 Å². The van der Waals surface area contributed by atoms with Gasteiger partial charge in [-0.1, -0.05) is 19.9 Å². The molecule has 1 rings (SSSR count). The van der Waals surface area contributed by atoms with E-state index in [1.54, 1.807) is 12.1 Å². The molecular weight excluding hydrogens is 232 g/mol. The molecule has 0 saturated heterocycles. The van der Waals surface area contributed by atoms with Crippen LogP contribution in [0.1, 0.15) is 33.3 Å². The largest absolute Gasteiger partial charge is 0.423 e. The van der Waals surface area contributed by atoms with Crippen LogP contribution in [-0.4, -0.2) is 11.9 Å². The van der Waals surface area contributed by atoms with Gasteiger partial charge in [-0.15, -0.1) is 0 Å². The summed E-state index contributed by atoms with van der Waals surface area (Å²) >= 11 is 0. The first-order chi connectivity index (χ1) is 8.38. The van der Waals surface area contributed by atoms with E-state index in [-0.39, 0.29) is 11.5 Å². The van der Waals surface area contributed by atoms with Crippen LogP contribution in [0.15, 0.2) is 18.2 Å². The lowest BCUT2D eigenvalue weighted by atomic mass is 10.0. The molecule has 0 aromatic heterocycles. The third kappa shape index (κ3) is 4.57. The van der Waals surface area contributed by atoms with E-state index in [4.69, 9.17) is 9.47 Å². The van der Waals surface area contributed by atoms with Gasteiger partial charge in [0.2, 0.25) is 0 Å². The normalized spacial score (nSPS) is 10.3. The molecule has 0 heterocycles. The van der Waals surface area contributed by atoms with Gasteiger partial charge in [0.15, 0.2) is 11.5 Å². The Balaban J connectivity index is 3.03. The molecule has 0 N–H and O–H groups in total. The molecule has 0 aliphatic rings. The van der Waals surface area contributed by atoms with Gasteiger partial charge < -0.3 is 9.47 Å². The minimum absolute atomic E-state index is 0.269. The number of ether oxygens (including phenoxy) is 2. The Morgan fingerprint density at radius 2 is 1.61 bits per heavy atom. The fraction of sp³-hybridized carbons (Fsp3) is 0.429. The molecule has 1 aromatic rings. The van der Waals surface area contributed by atoms with E-state index in [9.17, 15) is 9.59 Å². The third-order valence-electron chi connectivity index (χ3n) is 2.16. The quantitative estimate of drug-likeness (QED) is 0.609. The van der Waals surface area contributed by atoms with Crippen LogP contribution in [0.2, 0.25) is 0 Å². The van der Waals surface area contributed by atoms with Crippen LogP contribution in [-0.2, 0) is 16.0 Å². The van der Waals surface area contributed by atoms with Gasteiger partial charge in [-0.3, -0.25) is 9.59 Å². The van der Waals surface area contributed by atoms with Crippen molar-refractivity contribution in [2.75, 3.05) is 0 Å². The highest BCUT2D eigenvalue weighted by molar-refractivity contribution is 5.73. The van der Waals surface area contributed by atoms with E-state index in [1.807, 2.05) is 6.07 Å². The highest BCUT2D eigenvalue weighted by atomic mass is 16.6. The molecule has 0 atom stereocenters. The van der Waals surface area contributed by atoms with E-state index in [2.05, 4.69) is 13.8 Å². The maximum absolute atomic E-state index is 11.0. The molecule has 4 heteroatoms. The summed E-state index contributed by atoms with van der Waals surface area (Å²) in [4.78, 5) is 22.0. The van der Waals surface area contributed by atoms with Gasteiger partial charge in [-0.25, -0.2) is 0 Å². The van der Waals surface area contributed by atoms with Crippen LogP contribution in [0.4, 0.5) is 0 Å². The zero-order valence-electron chi connectivity index (χ0n) is 11.1. The molecule has 0 fully saturated rings. The van der Waals surface area contributed by atoms with Crippen LogP contribution in [0.3, 0.4) is 0 Å². The predicted molar refractivity (Wildman–Crippen MR) is 67.6 cm³/mol. The van der Waals surface area contributed by atoms with Crippen molar-refractivity contribution in [2.24, 2.45) is 5.92 Å². The lowest BCUT2D eigenvalue weighted by molar-refractivity contribution is -0.134. The van der Waals surface area contributed by atoms with Crippen LogP contribution in [0.25, 0.3) is 0 Å². The summed E-state index contributed by atoms with van der Waals surface area (Å²) in [6.07, 6.45) is 0.870. The second-order valence-electron chi connectivity index (χ2n) is 4.57. The van der Waals surface area contributed by atoms with Crippen molar-refractivity contribution in [3.05, 3.63) is 23.8 Å². The Morgan fingerprint density at radius 1 is 1.06 bits per heavy atom. The van der Waals surface area contributed by atoms with Crippen LogP contribution in [0.5, 0.6) is 11.5 Å². The van der Waals surface area contributed by atoms with E-state index in [1.165, 1.54) is 13.8 Å². The number of benzene rings is 1. The summed E-state index contributed by atoms with van der Waals surface area (Å²) in [5, 5.41) is 0. The van der Waals surface area contributed by atoms with E-state index < -0.39 is 11.9 Å². The number of hydrogen-bond acceptors (Lipinski definition) is 4. The molecule has 4 nitrogen and oxygen atoms in total. The lowest BCUT2D eigenvalue weighted by Gasteiger charge is -2.11. The van der Waals surface area contributed by atoms with Gasteiger partial charge in [0, 0.05) is 13.8 Å². The standard InChI is InChI=1S/C14H18O4/c1-9(2)7-12-5-6-13(17-10(3)15)14(8-12)18-11(4)16/h5-6,8-9H,7H2,1-4H3. The lowest BCUT2D eigenvalue weighted by Crippen LogP contribution is -2.08. The van der Waals surface area contributed by atoms with Gasteiger partial charge in [-0.05, 0) is 30.0 Å². The number of hydrogen-bond donors (Lipinski definition) is 0. The zero-order valence-corrected chi connectivity index (χ0v) is 11.1. The fourth-order valence-corrected chi connectivity index (χ4v) is 1.62. The second-order valence-corrected chi connectivity index (χ2v) is 4.57. The van der Waals surface area contributed by atoms with E-state index in [0.29, 0.717) is 5.92 Å². The van der Waals surface area contributed by atoms with Gasteiger partial charge >= 0.3 is 11.9 Å². The highest BCUT2D eigenvalue weighted by Gasteiger charge is 2.11. The van der Waals surface area contributed by atoms with Crippen molar-refractivity contribution in [2.45, 2.75) is 34.1 Å². The number of esters is 2. The molecule has 0 aliphatic heterocycles. The first-order valence-corrected chi connectivity index (χ1v) is 5.88. The van der Waals surface area contributed by atoms with Crippen molar-refractivity contribution < 1.29 is 19.1 Å². The summed E-state index contributed by atoms with van der Waals surface area (Å²) in [6.45, 7) is 6.82. The molecule has 0 saturated carbocycles. The summed E-state index contributed by atoms with van der Waals surface area (Å²) < 4.78 is 10.0. The number of carbonyl (C=O) groups excluding carboxylic acids is 2. The summed E-state index contributed by atoms with van der Waals surface area (Å²) in [5.41, 5.74) is 1.04. The van der Waals surface area contributed by atoms with Crippen LogP contribution >= 0.6 is 0 Å². The Morgan fingerprint density at radius 3 is 2.11 bits per heavy atom. The summed E-state index contributed by atoms with van der Waals surface area (Å²) in [5.74, 6) is 0.168. The van der Waals surface area contributed by atoms with Crippen LogP contribution < -0.4 is 9.47 Å². The van der Waals surface area contributed by atoms with Crippen molar-refractivity contribution in [1.82, 2.24) is 0 Å². The highest BCUT2D eigenvalue weighted by Crippen LogP contribution is 2.29. The minimum atomic E-state index is -0.444. The smallest absolute Gasteiger partial charge is 0.308 e. The Labute approximate surface area is 107 Å². The molecule has 0 radical (unpaired) electrons. The Hall–Kier alpha value is -1.84. The Bertz CT molecular complexity index is 449. The monoisotopic (exact) mass is 250 g/mol. The average Bonchev–Trinajstić information content (AvgIpc) is 2.19. The average molecular weight is 250 g/mol. The molecule has 0 aliphatic carbocycles. The van der Waals surface area contributed by atoms with Crippen molar-refractivity contribution in [1.29, 1.82) is 0 Å². The number of rotatable bonds is 4. The molecule has 0 bridgehead atoms. The van der Waals surface area contributed by atoms with Crippen molar-refractivity contribution in [3.8, 4) is 11.5 Å². The Kier molecular flexibility index (Phi) is 4.89. The van der Waals surface area contributed by atoms with Crippen molar-refractivity contribution in [3.63, 3.8) is 0 Å². The molecule has 98 valence electrons. The van der Waals surface area contributed by atoms with Gasteiger partial charge in [0.25, 0.3) is 0 Å². The molecule has 0 spiro atoms. The van der Waals surface area contributed by atoms with Gasteiger partial charge in [0.1, 0.15) is 0 Å². The third-order valence-corrected chi connectivity index (χ3v) is 2.16. The maximum atomic E-state index is 11.0. The maximum Gasteiger partial charge on any atom is 0.308 e. The predicted octanol–water partition coefficient (Wildman–Crippen LogP) is 2.74. The zero-order chi connectivity index (χ0) is 13.7. The summed E-state index contributed by atoms with van der Waals surface area (Å²) in [7, 11) is 0. The molecule has 0 unspecified atom stereocenters. The SMILES string of the molecule is CC(=O)Oc1ccc(CC(C)C)cc1OC(C)=O. The first kappa shape index (κ1) is 14.2. The fourth-order valence-electron chi connectivity index (χ4n) is 1.62. The van der Waals surface area contributed by atoms with E-state index >= 15 is 0 Å². The van der Waals surface area contributed by atoms with E-state index in [0.717, 1.165) is 12.0 Å². The van der Waals surface area contributed by atoms with Gasteiger partial charge in [0.05, 0.1) is 0 Å². The van der Waals surface area contributed by atoms with Crippen LogP contribution in [0, 0.1) is 5.92 Å². The second kappa shape index (κ2) is 6.19. The topological polar surface area (TPSA) is 52.6 Å². The molecular formula is C14H18O4.